The van der Waals surface area contributed by atoms with Gasteiger partial charge in [-0.1, -0.05) is 36.4 Å². The summed E-state index contributed by atoms with van der Waals surface area (Å²) < 4.78 is 0. The van der Waals surface area contributed by atoms with E-state index >= 15 is 0 Å². The Kier molecular flexibility index (Phi) is 3.97. The molecule has 4 unspecified atom stereocenters. The average molecular weight is 332 g/mol. The largest absolute Gasteiger partial charge is 0.373 e. The number of carbonyl (C=O) groups is 1. The van der Waals surface area contributed by atoms with Crippen molar-refractivity contribution >= 4 is 28.3 Å². The number of nitrogens with one attached hydrogen (secondary N) is 1. The van der Waals surface area contributed by atoms with Crippen LogP contribution in [0.15, 0.2) is 42.5 Å². The molecule has 2 aliphatic rings. The summed E-state index contributed by atoms with van der Waals surface area (Å²) >= 11 is 6.23. The lowest BCUT2D eigenvalue weighted by molar-refractivity contribution is -0.275. The van der Waals surface area contributed by atoms with Gasteiger partial charge in [0.15, 0.2) is 0 Å². The SMILES string of the molecule is O=C(OOC1CC2CC(Cl)CC1N2)c1cccc2ccccc12. The number of hydrogen-bond donors (Lipinski definition) is 1. The topological polar surface area (TPSA) is 47.6 Å². The fraction of sp³-hybridized carbons (Fsp3) is 0.389. The highest BCUT2D eigenvalue weighted by molar-refractivity contribution is 6.20. The molecular weight excluding hydrogens is 314 g/mol. The smallest absolute Gasteiger partial charge is 0.308 e. The summed E-state index contributed by atoms with van der Waals surface area (Å²) in [6, 6.07) is 13.8. The van der Waals surface area contributed by atoms with Gasteiger partial charge in [0.25, 0.3) is 0 Å². The Hall–Kier alpha value is -1.62. The van der Waals surface area contributed by atoms with Crippen molar-refractivity contribution in [1.82, 2.24) is 5.32 Å². The molecule has 0 amide bonds. The second-order valence-corrected chi connectivity index (χ2v) is 6.92. The lowest BCUT2D eigenvalue weighted by Crippen LogP contribution is -2.41. The van der Waals surface area contributed by atoms with Gasteiger partial charge in [0.2, 0.25) is 0 Å². The highest BCUT2D eigenvalue weighted by Crippen LogP contribution is 2.32. The van der Waals surface area contributed by atoms with Gasteiger partial charge in [-0.3, -0.25) is 4.89 Å². The Morgan fingerprint density at radius 2 is 1.91 bits per heavy atom. The van der Waals surface area contributed by atoms with E-state index in [-0.39, 0.29) is 17.5 Å². The van der Waals surface area contributed by atoms with Crippen LogP contribution in [0.4, 0.5) is 0 Å². The molecule has 2 saturated heterocycles. The van der Waals surface area contributed by atoms with Crippen molar-refractivity contribution in [2.45, 2.75) is 42.8 Å². The molecule has 2 aromatic carbocycles. The molecule has 2 fully saturated rings. The lowest BCUT2D eigenvalue weighted by atomic mass is 10.1. The van der Waals surface area contributed by atoms with Crippen LogP contribution in [0.3, 0.4) is 0 Å². The van der Waals surface area contributed by atoms with E-state index in [2.05, 4.69) is 5.32 Å². The van der Waals surface area contributed by atoms with E-state index in [1.807, 2.05) is 36.4 Å². The molecule has 5 heteroatoms. The zero-order valence-corrected chi connectivity index (χ0v) is 13.3. The van der Waals surface area contributed by atoms with E-state index in [4.69, 9.17) is 21.4 Å². The van der Waals surface area contributed by atoms with Crippen molar-refractivity contribution in [2.75, 3.05) is 0 Å². The first-order valence-electron chi connectivity index (χ1n) is 7.96. The maximum Gasteiger partial charge on any atom is 0.373 e. The van der Waals surface area contributed by atoms with Crippen molar-refractivity contribution in [3.63, 3.8) is 0 Å². The first-order valence-corrected chi connectivity index (χ1v) is 8.40. The molecule has 4 nitrogen and oxygen atoms in total. The molecule has 0 radical (unpaired) electrons. The van der Waals surface area contributed by atoms with Crippen LogP contribution in [-0.2, 0) is 9.78 Å². The van der Waals surface area contributed by atoms with Crippen molar-refractivity contribution in [3.8, 4) is 0 Å². The van der Waals surface area contributed by atoms with Gasteiger partial charge in [-0.25, -0.2) is 4.79 Å². The van der Waals surface area contributed by atoms with Gasteiger partial charge in [0.1, 0.15) is 6.10 Å². The summed E-state index contributed by atoms with van der Waals surface area (Å²) in [4.78, 5) is 23.0. The molecule has 4 atom stereocenters. The van der Waals surface area contributed by atoms with Crippen LogP contribution in [0.1, 0.15) is 29.6 Å². The number of rotatable bonds is 3. The Morgan fingerprint density at radius 3 is 2.83 bits per heavy atom. The minimum atomic E-state index is -0.453. The van der Waals surface area contributed by atoms with Crippen LogP contribution in [0.5, 0.6) is 0 Å². The van der Waals surface area contributed by atoms with E-state index in [9.17, 15) is 4.79 Å². The van der Waals surface area contributed by atoms with Crippen LogP contribution in [0.2, 0.25) is 0 Å². The van der Waals surface area contributed by atoms with Gasteiger partial charge >= 0.3 is 5.97 Å². The molecule has 0 aromatic heterocycles. The zero-order chi connectivity index (χ0) is 15.8. The quantitative estimate of drug-likeness (QED) is 0.532. The van der Waals surface area contributed by atoms with Gasteiger partial charge in [-0.2, -0.15) is 4.89 Å². The molecule has 2 aliphatic heterocycles. The second-order valence-electron chi connectivity index (χ2n) is 6.31. The third-order valence-corrected chi connectivity index (χ3v) is 5.08. The number of hydrogen-bond acceptors (Lipinski definition) is 4. The van der Waals surface area contributed by atoms with Gasteiger partial charge < -0.3 is 5.32 Å². The minimum Gasteiger partial charge on any atom is -0.308 e. The Bertz CT molecular complexity index is 730. The van der Waals surface area contributed by atoms with Crippen LogP contribution in [0, 0.1) is 0 Å². The Labute approximate surface area is 139 Å². The first-order chi connectivity index (χ1) is 11.2. The summed E-state index contributed by atoms with van der Waals surface area (Å²) in [7, 11) is 0. The van der Waals surface area contributed by atoms with Crippen molar-refractivity contribution in [1.29, 1.82) is 0 Å². The van der Waals surface area contributed by atoms with E-state index in [1.165, 1.54) is 0 Å². The summed E-state index contributed by atoms with van der Waals surface area (Å²) in [5.74, 6) is -0.453. The number of halogens is 1. The number of benzene rings is 2. The van der Waals surface area contributed by atoms with Gasteiger partial charge in [0, 0.05) is 17.5 Å². The van der Waals surface area contributed by atoms with Crippen molar-refractivity contribution in [3.05, 3.63) is 48.0 Å². The zero-order valence-electron chi connectivity index (χ0n) is 12.6. The molecule has 4 rings (SSSR count). The molecule has 2 aromatic rings. The van der Waals surface area contributed by atoms with Gasteiger partial charge in [0.05, 0.1) is 5.56 Å². The van der Waals surface area contributed by atoms with E-state index in [0.717, 1.165) is 30.0 Å². The standard InChI is InChI=1S/C18H18ClNO3/c19-12-8-13-10-17(16(9-12)20-13)22-23-18(21)15-7-3-5-11-4-1-2-6-14(11)15/h1-7,12-13,16-17,20H,8-10H2. The minimum absolute atomic E-state index is 0.123. The second kappa shape index (κ2) is 6.11. The van der Waals surface area contributed by atoms with Gasteiger partial charge in [-0.05, 0) is 36.1 Å². The molecular formula is C18H18ClNO3. The fourth-order valence-electron chi connectivity index (χ4n) is 3.65. The molecule has 23 heavy (non-hydrogen) atoms. The van der Waals surface area contributed by atoms with Crippen LogP contribution < -0.4 is 5.32 Å². The first kappa shape index (κ1) is 14.9. The molecule has 120 valence electrons. The maximum absolute atomic E-state index is 12.4. The van der Waals surface area contributed by atoms with Crippen LogP contribution in [-0.4, -0.2) is 29.5 Å². The normalized spacial score (nSPS) is 29.6. The summed E-state index contributed by atoms with van der Waals surface area (Å²) in [5, 5.41) is 5.51. The third-order valence-electron chi connectivity index (χ3n) is 4.72. The Balaban J connectivity index is 1.46. The molecule has 1 N–H and O–H groups in total. The number of alkyl halides is 1. The number of piperidine rings is 1. The average Bonchev–Trinajstić information content (AvgIpc) is 2.86. The number of fused-ring (bicyclic) bond motifs is 3. The van der Waals surface area contributed by atoms with Crippen LogP contribution in [0.25, 0.3) is 10.8 Å². The van der Waals surface area contributed by atoms with E-state index in [1.54, 1.807) is 6.07 Å². The predicted octanol–water partition coefficient (Wildman–Crippen LogP) is 3.43. The highest BCUT2D eigenvalue weighted by Gasteiger charge is 2.41. The van der Waals surface area contributed by atoms with Crippen molar-refractivity contribution < 1.29 is 14.6 Å². The molecule has 2 heterocycles. The molecule has 2 bridgehead atoms. The predicted molar refractivity (Wildman–Crippen MR) is 88.4 cm³/mol. The summed E-state index contributed by atoms with van der Waals surface area (Å²) in [5.41, 5.74) is 0.521. The third kappa shape index (κ3) is 2.94. The fourth-order valence-corrected chi connectivity index (χ4v) is 4.05. The number of carbonyl (C=O) groups excluding carboxylic acids is 1. The molecule has 0 saturated carbocycles. The molecule has 0 aliphatic carbocycles. The van der Waals surface area contributed by atoms with Crippen LogP contribution >= 0.6 is 11.6 Å². The highest BCUT2D eigenvalue weighted by atomic mass is 35.5. The molecule has 0 spiro atoms. The van der Waals surface area contributed by atoms with Crippen molar-refractivity contribution in [2.24, 2.45) is 0 Å². The lowest BCUT2D eigenvalue weighted by Gasteiger charge is -2.25. The van der Waals surface area contributed by atoms with E-state index < -0.39 is 5.97 Å². The summed E-state index contributed by atoms with van der Waals surface area (Å²) in [6.07, 6.45) is 2.49. The van der Waals surface area contributed by atoms with Gasteiger partial charge in [-0.15, -0.1) is 11.6 Å². The monoisotopic (exact) mass is 331 g/mol. The maximum atomic E-state index is 12.4. The Morgan fingerprint density at radius 1 is 1.09 bits per heavy atom. The van der Waals surface area contributed by atoms with E-state index in [0.29, 0.717) is 11.6 Å². The summed E-state index contributed by atoms with van der Waals surface area (Å²) in [6.45, 7) is 0.